The highest BCUT2D eigenvalue weighted by molar-refractivity contribution is 7.93. The van der Waals surface area contributed by atoms with E-state index in [0.29, 0.717) is 27.3 Å². The molecule has 0 aliphatic heterocycles. The molecule has 1 fully saturated rings. The van der Waals surface area contributed by atoms with Crippen LogP contribution in [-0.4, -0.2) is 21.6 Å². The molecule has 4 rings (SSSR count). The molecule has 0 radical (unpaired) electrons. The highest BCUT2D eigenvalue weighted by atomic mass is 32.2. The number of benzene rings is 2. The Kier molecular flexibility index (Phi) is 4.03. The summed E-state index contributed by atoms with van der Waals surface area (Å²) in [7, 11) is -1.33. The lowest BCUT2D eigenvalue weighted by molar-refractivity contribution is 0.387. The van der Waals surface area contributed by atoms with E-state index in [4.69, 9.17) is 14.3 Å². The van der Waals surface area contributed by atoms with Gasteiger partial charge in [-0.2, -0.15) is 0 Å². The summed E-state index contributed by atoms with van der Waals surface area (Å²) in [5.74, 6) is 0.602. The SMILES string of the molecule is COc1cc2nccc(Oc3ccc([S@](=N)(=O)C4CC4)cc3)c2cc1F. The van der Waals surface area contributed by atoms with Gasteiger partial charge in [-0.1, -0.05) is 0 Å². The summed E-state index contributed by atoms with van der Waals surface area (Å²) in [6.07, 6.45) is 3.27. The van der Waals surface area contributed by atoms with Gasteiger partial charge in [0, 0.05) is 27.8 Å². The molecule has 1 saturated carbocycles. The van der Waals surface area contributed by atoms with Crippen molar-refractivity contribution in [1.29, 1.82) is 4.78 Å². The van der Waals surface area contributed by atoms with Crippen LogP contribution in [0.15, 0.2) is 53.6 Å². The zero-order chi connectivity index (χ0) is 18.3. The summed E-state index contributed by atoms with van der Waals surface area (Å²) in [5.41, 5.74) is 0.556. The molecule has 1 atom stereocenters. The van der Waals surface area contributed by atoms with Crippen molar-refractivity contribution in [1.82, 2.24) is 4.98 Å². The summed E-state index contributed by atoms with van der Waals surface area (Å²) < 4.78 is 45.4. The highest BCUT2D eigenvalue weighted by Gasteiger charge is 2.33. The van der Waals surface area contributed by atoms with Crippen LogP contribution in [0, 0.1) is 10.6 Å². The fraction of sp³-hybridized carbons (Fsp3) is 0.211. The second kappa shape index (κ2) is 6.25. The third kappa shape index (κ3) is 2.99. The number of nitrogens with one attached hydrogen (secondary N) is 1. The molecule has 1 aromatic heterocycles. The quantitative estimate of drug-likeness (QED) is 0.702. The van der Waals surface area contributed by atoms with Crippen LogP contribution in [0.1, 0.15) is 12.8 Å². The third-order valence-electron chi connectivity index (χ3n) is 4.37. The van der Waals surface area contributed by atoms with Crippen LogP contribution in [0.2, 0.25) is 0 Å². The van der Waals surface area contributed by atoms with Gasteiger partial charge in [-0.15, -0.1) is 0 Å². The van der Waals surface area contributed by atoms with Gasteiger partial charge in [0.05, 0.1) is 22.4 Å². The molecule has 0 bridgehead atoms. The number of ether oxygens (including phenoxy) is 2. The third-order valence-corrected chi connectivity index (χ3v) is 6.75. The zero-order valence-electron chi connectivity index (χ0n) is 14.1. The zero-order valence-corrected chi connectivity index (χ0v) is 14.9. The summed E-state index contributed by atoms with van der Waals surface area (Å²) in [4.78, 5) is 4.73. The van der Waals surface area contributed by atoms with E-state index in [2.05, 4.69) is 4.98 Å². The van der Waals surface area contributed by atoms with Crippen molar-refractivity contribution in [2.24, 2.45) is 0 Å². The Morgan fingerprint density at radius 1 is 1.15 bits per heavy atom. The smallest absolute Gasteiger partial charge is 0.165 e. The Morgan fingerprint density at radius 3 is 2.54 bits per heavy atom. The van der Waals surface area contributed by atoms with E-state index in [9.17, 15) is 8.60 Å². The molecule has 1 aliphatic rings. The maximum Gasteiger partial charge on any atom is 0.165 e. The monoisotopic (exact) mass is 372 g/mol. The molecule has 134 valence electrons. The maximum absolute atomic E-state index is 14.0. The molecular weight excluding hydrogens is 355 g/mol. The Balaban J connectivity index is 1.66. The van der Waals surface area contributed by atoms with Crippen LogP contribution in [0.25, 0.3) is 10.9 Å². The van der Waals surface area contributed by atoms with Crippen LogP contribution >= 0.6 is 0 Å². The Hall–Kier alpha value is -2.67. The molecule has 1 N–H and O–H groups in total. The number of methoxy groups -OCH3 is 1. The van der Waals surface area contributed by atoms with Gasteiger partial charge in [0.2, 0.25) is 0 Å². The lowest BCUT2D eigenvalue weighted by Gasteiger charge is -2.11. The first-order valence-electron chi connectivity index (χ1n) is 8.17. The average Bonchev–Trinajstić information content (AvgIpc) is 3.48. The normalized spacial score (nSPS) is 16.2. The van der Waals surface area contributed by atoms with Gasteiger partial charge in [0.25, 0.3) is 0 Å². The number of rotatable bonds is 5. The average molecular weight is 372 g/mol. The van der Waals surface area contributed by atoms with Gasteiger partial charge < -0.3 is 9.47 Å². The second-order valence-corrected chi connectivity index (χ2v) is 8.53. The minimum atomic E-state index is -2.73. The van der Waals surface area contributed by atoms with E-state index >= 15 is 0 Å². The highest BCUT2D eigenvalue weighted by Crippen LogP contribution is 2.36. The van der Waals surface area contributed by atoms with E-state index in [1.54, 1.807) is 36.5 Å². The summed E-state index contributed by atoms with van der Waals surface area (Å²) >= 11 is 0. The number of halogens is 1. The Bertz CT molecular complexity index is 1080. The molecule has 7 heteroatoms. The van der Waals surface area contributed by atoms with Crippen molar-refractivity contribution in [3.8, 4) is 17.2 Å². The van der Waals surface area contributed by atoms with E-state index in [1.165, 1.54) is 19.2 Å². The number of pyridine rings is 1. The van der Waals surface area contributed by atoms with Gasteiger partial charge in [-0.05, 0) is 49.2 Å². The van der Waals surface area contributed by atoms with Crippen molar-refractivity contribution in [2.45, 2.75) is 23.0 Å². The predicted molar refractivity (Wildman–Crippen MR) is 96.9 cm³/mol. The molecule has 26 heavy (non-hydrogen) atoms. The van der Waals surface area contributed by atoms with E-state index < -0.39 is 15.5 Å². The minimum absolute atomic E-state index is 0.0311. The van der Waals surface area contributed by atoms with Crippen molar-refractivity contribution in [3.05, 3.63) is 54.5 Å². The molecule has 0 unspecified atom stereocenters. The molecule has 0 amide bonds. The molecule has 3 aromatic rings. The number of hydrogen-bond acceptors (Lipinski definition) is 5. The van der Waals surface area contributed by atoms with Gasteiger partial charge in [0.1, 0.15) is 11.5 Å². The molecule has 1 aliphatic carbocycles. The van der Waals surface area contributed by atoms with E-state index in [0.717, 1.165) is 12.8 Å². The number of nitrogens with zero attached hydrogens (tertiary/aromatic N) is 1. The lowest BCUT2D eigenvalue weighted by atomic mass is 10.2. The minimum Gasteiger partial charge on any atom is -0.494 e. The second-order valence-electron chi connectivity index (χ2n) is 6.19. The van der Waals surface area contributed by atoms with Crippen molar-refractivity contribution in [3.63, 3.8) is 0 Å². The van der Waals surface area contributed by atoms with Gasteiger partial charge in [-0.25, -0.2) is 13.4 Å². The Labute approximate surface area is 150 Å². The first-order valence-corrected chi connectivity index (χ1v) is 9.79. The summed E-state index contributed by atoms with van der Waals surface area (Å²) in [6.45, 7) is 0. The fourth-order valence-electron chi connectivity index (χ4n) is 2.80. The van der Waals surface area contributed by atoms with Gasteiger partial charge in [-0.3, -0.25) is 4.98 Å². The van der Waals surface area contributed by atoms with Gasteiger partial charge in [0.15, 0.2) is 11.6 Å². The summed E-state index contributed by atoms with van der Waals surface area (Å²) in [6, 6.07) is 11.2. The first kappa shape index (κ1) is 16.8. The van der Waals surface area contributed by atoms with Crippen molar-refractivity contribution in [2.75, 3.05) is 7.11 Å². The van der Waals surface area contributed by atoms with Crippen LogP contribution in [0.4, 0.5) is 4.39 Å². The molecule has 0 saturated heterocycles. The predicted octanol–water partition coefficient (Wildman–Crippen LogP) is 4.74. The van der Waals surface area contributed by atoms with Crippen molar-refractivity contribution >= 4 is 20.6 Å². The van der Waals surface area contributed by atoms with Gasteiger partial charge >= 0.3 is 0 Å². The topological polar surface area (TPSA) is 72.3 Å². The van der Waals surface area contributed by atoms with Crippen LogP contribution in [0.5, 0.6) is 17.2 Å². The largest absolute Gasteiger partial charge is 0.494 e. The van der Waals surface area contributed by atoms with E-state index in [1.807, 2.05) is 0 Å². The molecule has 5 nitrogen and oxygen atoms in total. The first-order chi connectivity index (χ1) is 12.5. The molecule has 0 spiro atoms. The fourth-order valence-corrected chi connectivity index (χ4v) is 4.52. The molecular formula is C19H17FN2O3S. The number of fused-ring (bicyclic) bond motifs is 1. The molecule has 1 heterocycles. The van der Waals surface area contributed by atoms with E-state index in [-0.39, 0.29) is 11.0 Å². The van der Waals surface area contributed by atoms with Crippen LogP contribution in [0.3, 0.4) is 0 Å². The molecule has 2 aromatic carbocycles. The maximum atomic E-state index is 14.0. The van der Waals surface area contributed by atoms with Crippen molar-refractivity contribution < 1.29 is 18.1 Å². The number of hydrogen-bond donors (Lipinski definition) is 1. The lowest BCUT2D eigenvalue weighted by Crippen LogP contribution is -2.04. The number of aromatic nitrogens is 1. The van der Waals surface area contributed by atoms with Crippen LogP contribution < -0.4 is 9.47 Å². The standard InChI is InChI=1S/C19H17FN2O3S/c1-24-19-11-17-15(10-16(19)20)18(8-9-22-17)25-12-2-4-13(5-3-12)26(21,23)14-6-7-14/h2-5,8-11,14,21H,6-7H2,1H3/t26-/m0/s1. The Morgan fingerprint density at radius 2 is 1.88 bits per heavy atom. The van der Waals surface area contributed by atoms with Crippen LogP contribution in [-0.2, 0) is 9.73 Å². The summed E-state index contributed by atoms with van der Waals surface area (Å²) in [5, 5.41) is 0.494.